The van der Waals surface area contributed by atoms with Gasteiger partial charge < -0.3 is 10.6 Å². The molecule has 3 fully saturated rings. The third-order valence-electron chi connectivity index (χ3n) is 7.45. The van der Waals surface area contributed by atoms with Gasteiger partial charge in [0.15, 0.2) is 0 Å². The van der Waals surface area contributed by atoms with E-state index in [0.717, 1.165) is 16.9 Å². The Kier molecular flexibility index (Phi) is 5.59. The second-order valence-corrected chi connectivity index (χ2v) is 9.78. The summed E-state index contributed by atoms with van der Waals surface area (Å²) in [4.78, 5) is 50.9. The highest BCUT2D eigenvalue weighted by Gasteiger charge is 2.45. The van der Waals surface area contributed by atoms with Crippen molar-refractivity contribution in [1.82, 2.24) is 20.9 Å². The first-order valence-electron chi connectivity index (χ1n) is 11.7. The van der Waals surface area contributed by atoms with Crippen LogP contribution in [0.15, 0.2) is 18.2 Å². The first-order valence-corrected chi connectivity index (χ1v) is 11.7. The lowest BCUT2D eigenvalue weighted by atomic mass is 9.87. The van der Waals surface area contributed by atoms with Gasteiger partial charge in [0.2, 0.25) is 11.8 Å². The van der Waals surface area contributed by atoms with Gasteiger partial charge in [-0.25, -0.2) is 0 Å². The monoisotopic (exact) mass is 438 g/mol. The zero-order chi connectivity index (χ0) is 22.4. The van der Waals surface area contributed by atoms with Gasteiger partial charge in [0.1, 0.15) is 6.04 Å². The molecule has 0 aliphatic carbocycles. The van der Waals surface area contributed by atoms with Gasteiger partial charge in [0, 0.05) is 31.1 Å². The Morgan fingerprint density at radius 2 is 1.81 bits per heavy atom. The standard InChI is InChI=1S/C24H30N4O4/c1-13(9-14-10-16-5-6-17(11-14)26-16)25-12-15-3-2-4-18-21(15)24(32)28(23(18)31)19-7-8-20(29)27-22(19)30/h2-4,13-14,16-17,19,25-26H,5-12H2,1H3,(H,27,29,30). The lowest BCUT2D eigenvalue weighted by Gasteiger charge is -2.31. The van der Waals surface area contributed by atoms with Gasteiger partial charge >= 0.3 is 0 Å². The molecule has 32 heavy (non-hydrogen) atoms. The summed E-state index contributed by atoms with van der Waals surface area (Å²) in [5.74, 6) is -1.15. The SMILES string of the molecule is CC(CC1CC2CCC(C1)N2)NCc1cccc2c1C(=O)N(C1CCC(=O)NC1=O)C2=O. The van der Waals surface area contributed by atoms with Gasteiger partial charge in [0.05, 0.1) is 11.1 Å². The predicted molar refractivity (Wildman–Crippen MR) is 117 cm³/mol. The van der Waals surface area contributed by atoms with Crippen LogP contribution in [0, 0.1) is 5.92 Å². The van der Waals surface area contributed by atoms with E-state index in [1.165, 1.54) is 25.7 Å². The molecule has 0 aromatic heterocycles. The molecule has 4 heterocycles. The van der Waals surface area contributed by atoms with E-state index in [1.807, 2.05) is 6.07 Å². The summed E-state index contributed by atoms with van der Waals surface area (Å²) in [6, 6.07) is 5.99. The van der Waals surface area contributed by atoms with Crippen molar-refractivity contribution in [2.75, 3.05) is 0 Å². The number of fused-ring (bicyclic) bond motifs is 3. The largest absolute Gasteiger partial charge is 0.311 e. The molecule has 2 bridgehead atoms. The number of benzene rings is 1. The second-order valence-electron chi connectivity index (χ2n) is 9.78. The van der Waals surface area contributed by atoms with Crippen LogP contribution in [0.25, 0.3) is 0 Å². The Labute approximate surface area is 187 Å². The molecule has 4 aliphatic heterocycles. The van der Waals surface area contributed by atoms with Crippen molar-refractivity contribution in [3.63, 3.8) is 0 Å². The molecule has 0 spiro atoms. The van der Waals surface area contributed by atoms with Crippen LogP contribution in [0.2, 0.25) is 0 Å². The van der Waals surface area contributed by atoms with Crippen LogP contribution in [0.3, 0.4) is 0 Å². The highest BCUT2D eigenvalue weighted by molar-refractivity contribution is 6.24. The van der Waals surface area contributed by atoms with Crippen molar-refractivity contribution in [2.45, 2.75) is 82.6 Å². The highest BCUT2D eigenvalue weighted by Crippen LogP contribution is 2.34. The number of carbonyl (C=O) groups excluding carboxylic acids is 4. The van der Waals surface area contributed by atoms with Gasteiger partial charge in [-0.05, 0) is 63.0 Å². The molecule has 3 saturated heterocycles. The number of amides is 4. The molecular formula is C24H30N4O4. The first-order chi connectivity index (χ1) is 15.4. The molecule has 4 unspecified atom stereocenters. The second kappa shape index (κ2) is 8.41. The normalized spacial score (nSPS) is 30.5. The summed E-state index contributed by atoms with van der Waals surface area (Å²) in [6.07, 6.45) is 6.43. The van der Waals surface area contributed by atoms with Crippen molar-refractivity contribution in [3.8, 4) is 0 Å². The van der Waals surface area contributed by atoms with E-state index in [1.54, 1.807) is 12.1 Å². The zero-order valence-corrected chi connectivity index (χ0v) is 18.4. The van der Waals surface area contributed by atoms with E-state index in [9.17, 15) is 19.2 Å². The van der Waals surface area contributed by atoms with Gasteiger partial charge in [-0.15, -0.1) is 0 Å². The number of hydrogen-bond acceptors (Lipinski definition) is 6. The van der Waals surface area contributed by atoms with Crippen molar-refractivity contribution < 1.29 is 19.2 Å². The molecule has 0 saturated carbocycles. The number of piperidine rings is 2. The Morgan fingerprint density at radius 1 is 1.06 bits per heavy atom. The molecule has 5 rings (SSSR count). The molecule has 1 aromatic rings. The number of nitrogens with one attached hydrogen (secondary N) is 3. The number of imide groups is 2. The Balaban J connectivity index is 1.26. The maximum absolute atomic E-state index is 13.2. The molecule has 8 heteroatoms. The minimum Gasteiger partial charge on any atom is -0.311 e. The maximum atomic E-state index is 13.2. The average molecular weight is 439 g/mol. The van der Waals surface area contributed by atoms with E-state index in [0.29, 0.717) is 41.7 Å². The summed E-state index contributed by atoms with van der Waals surface area (Å²) in [6.45, 7) is 2.67. The van der Waals surface area contributed by atoms with Crippen LogP contribution in [0.5, 0.6) is 0 Å². The van der Waals surface area contributed by atoms with Gasteiger partial charge in [-0.2, -0.15) is 0 Å². The summed E-state index contributed by atoms with van der Waals surface area (Å²) in [7, 11) is 0. The fourth-order valence-electron chi connectivity index (χ4n) is 5.97. The molecule has 0 radical (unpaired) electrons. The average Bonchev–Trinajstić information content (AvgIpc) is 3.23. The van der Waals surface area contributed by atoms with E-state index >= 15 is 0 Å². The van der Waals surface area contributed by atoms with Crippen LogP contribution < -0.4 is 16.0 Å². The van der Waals surface area contributed by atoms with Crippen LogP contribution in [0.4, 0.5) is 0 Å². The highest BCUT2D eigenvalue weighted by atomic mass is 16.2. The summed E-state index contributed by atoms with van der Waals surface area (Å²) in [5.41, 5.74) is 1.48. The topological polar surface area (TPSA) is 108 Å². The van der Waals surface area contributed by atoms with Crippen molar-refractivity contribution in [2.24, 2.45) is 5.92 Å². The quantitative estimate of drug-likeness (QED) is 0.581. The lowest BCUT2D eigenvalue weighted by Crippen LogP contribution is -2.54. The summed E-state index contributed by atoms with van der Waals surface area (Å²) < 4.78 is 0. The number of rotatable bonds is 6. The molecule has 4 aliphatic rings. The van der Waals surface area contributed by atoms with Gasteiger partial charge in [-0.1, -0.05) is 12.1 Å². The number of carbonyl (C=O) groups is 4. The number of hydrogen-bond donors (Lipinski definition) is 3. The summed E-state index contributed by atoms with van der Waals surface area (Å²) >= 11 is 0. The van der Waals surface area contributed by atoms with Gasteiger partial charge in [-0.3, -0.25) is 29.4 Å². The van der Waals surface area contributed by atoms with Crippen molar-refractivity contribution in [1.29, 1.82) is 0 Å². The zero-order valence-electron chi connectivity index (χ0n) is 18.4. The van der Waals surface area contributed by atoms with Crippen molar-refractivity contribution in [3.05, 3.63) is 34.9 Å². The molecule has 4 atom stereocenters. The minimum atomic E-state index is -0.935. The summed E-state index contributed by atoms with van der Waals surface area (Å²) in [5, 5.41) is 9.47. The third-order valence-corrected chi connectivity index (χ3v) is 7.45. The molecule has 8 nitrogen and oxygen atoms in total. The van der Waals surface area contributed by atoms with Crippen LogP contribution >= 0.6 is 0 Å². The van der Waals surface area contributed by atoms with Crippen LogP contribution in [-0.4, -0.2) is 52.7 Å². The smallest absolute Gasteiger partial charge is 0.262 e. The van der Waals surface area contributed by atoms with Crippen LogP contribution in [-0.2, 0) is 16.1 Å². The molecule has 170 valence electrons. The molecule has 3 N–H and O–H groups in total. The minimum absolute atomic E-state index is 0.119. The first kappa shape index (κ1) is 21.3. The Hall–Kier alpha value is -2.58. The van der Waals surface area contributed by atoms with Crippen LogP contribution in [0.1, 0.15) is 78.1 Å². The number of nitrogens with zero attached hydrogens (tertiary/aromatic N) is 1. The van der Waals surface area contributed by atoms with E-state index in [-0.39, 0.29) is 18.7 Å². The lowest BCUT2D eigenvalue weighted by molar-refractivity contribution is -0.136. The molecule has 4 amide bonds. The maximum Gasteiger partial charge on any atom is 0.262 e. The van der Waals surface area contributed by atoms with E-state index in [4.69, 9.17) is 0 Å². The van der Waals surface area contributed by atoms with E-state index < -0.39 is 23.8 Å². The van der Waals surface area contributed by atoms with Gasteiger partial charge in [0.25, 0.3) is 11.8 Å². The molecular weight excluding hydrogens is 408 g/mol. The molecule has 1 aromatic carbocycles. The Bertz CT molecular complexity index is 965. The third kappa shape index (κ3) is 3.86. The van der Waals surface area contributed by atoms with Crippen molar-refractivity contribution >= 4 is 23.6 Å². The Morgan fingerprint density at radius 3 is 2.53 bits per heavy atom. The van der Waals surface area contributed by atoms with E-state index in [2.05, 4.69) is 22.9 Å². The fraction of sp³-hybridized carbons (Fsp3) is 0.583. The fourth-order valence-corrected chi connectivity index (χ4v) is 5.97. The predicted octanol–water partition coefficient (Wildman–Crippen LogP) is 1.49.